The third-order valence-corrected chi connectivity index (χ3v) is 3.07. The van der Waals surface area contributed by atoms with E-state index in [1.807, 2.05) is 6.92 Å². The summed E-state index contributed by atoms with van der Waals surface area (Å²) in [5.41, 5.74) is 11.2. The van der Waals surface area contributed by atoms with E-state index in [-0.39, 0.29) is 12.1 Å². The Hall–Kier alpha value is -0.900. The van der Waals surface area contributed by atoms with Gasteiger partial charge in [-0.15, -0.1) is 0 Å². The highest BCUT2D eigenvalue weighted by Crippen LogP contribution is 2.22. The Morgan fingerprint density at radius 3 is 2.17 bits per heavy atom. The van der Waals surface area contributed by atoms with Crippen LogP contribution in [-0.2, 0) is 9.47 Å². The molecule has 0 aliphatic heterocycles. The summed E-state index contributed by atoms with van der Waals surface area (Å²) in [4.78, 5) is 0. The number of nitrogens with two attached hydrogens (primary N) is 1. The van der Waals surface area contributed by atoms with Gasteiger partial charge in [0, 0.05) is 7.11 Å². The van der Waals surface area contributed by atoms with Gasteiger partial charge in [0.1, 0.15) is 0 Å². The van der Waals surface area contributed by atoms with Crippen LogP contribution in [0.3, 0.4) is 0 Å². The van der Waals surface area contributed by atoms with E-state index < -0.39 is 0 Å². The topological polar surface area (TPSA) is 44.5 Å². The Morgan fingerprint density at radius 1 is 1.11 bits per heavy atom. The van der Waals surface area contributed by atoms with E-state index in [9.17, 15) is 0 Å². The Kier molecular flexibility index (Phi) is 5.79. The third-order valence-electron chi connectivity index (χ3n) is 3.07. The fourth-order valence-corrected chi connectivity index (χ4v) is 2.41. The minimum Gasteiger partial charge on any atom is -0.382 e. The van der Waals surface area contributed by atoms with Crippen molar-refractivity contribution in [1.82, 2.24) is 0 Å². The van der Waals surface area contributed by atoms with E-state index in [1.165, 1.54) is 22.3 Å². The molecule has 0 radical (unpaired) electrons. The van der Waals surface area contributed by atoms with E-state index >= 15 is 0 Å². The molecule has 0 heterocycles. The number of aryl methyl sites for hydroxylation is 3. The van der Waals surface area contributed by atoms with Gasteiger partial charge in [-0.05, 0) is 44.4 Å². The molecule has 0 aliphatic carbocycles. The van der Waals surface area contributed by atoms with E-state index in [0.29, 0.717) is 13.2 Å². The Balaban J connectivity index is 2.70. The zero-order valence-electron chi connectivity index (χ0n) is 12.1. The molecule has 1 aromatic carbocycles. The van der Waals surface area contributed by atoms with Crippen molar-refractivity contribution in [2.24, 2.45) is 5.73 Å². The number of rotatable bonds is 6. The first-order chi connectivity index (χ1) is 8.45. The number of hydrogen-bond acceptors (Lipinski definition) is 3. The fraction of sp³-hybridized carbons (Fsp3) is 0.600. The maximum atomic E-state index is 6.23. The molecule has 0 amide bonds. The summed E-state index contributed by atoms with van der Waals surface area (Å²) in [5, 5.41) is 0. The highest BCUT2D eigenvalue weighted by molar-refractivity contribution is 5.39. The predicted octanol–water partition coefficient (Wildman–Crippen LogP) is 2.66. The molecule has 0 spiro atoms. The number of hydrogen-bond donors (Lipinski definition) is 1. The quantitative estimate of drug-likeness (QED) is 0.845. The van der Waals surface area contributed by atoms with Gasteiger partial charge in [-0.25, -0.2) is 0 Å². The monoisotopic (exact) mass is 251 g/mol. The highest BCUT2D eigenvalue weighted by atomic mass is 16.5. The van der Waals surface area contributed by atoms with Gasteiger partial charge in [0.2, 0.25) is 0 Å². The highest BCUT2D eigenvalue weighted by Gasteiger charge is 2.14. The zero-order valence-corrected chi connectivity index (χ0v) is 12.1. The summed E-state index contributed by atoms with van der Waals surface area (Å²) in [6, 6.07) is 4.26. The van der Waals surface area contributed by atoms with E-state index in [4.69, 9.17) is 15.2 Å². The average molecular weight is 251 g/mol. The maximum absolute atomic E-state index is 6.23. The molecule has 2 atom stereocenters. The van der Waals surface area contributed by atoms with Gasteiger partial charge in [0.15, 0.2) is 0 Å². The van der Waals surface area contributed by atoms with Gasteiger partial charge in [-0.2, -0.15) is 0 Å². The van der Waals surface area contributed by atoms with Crippen molar-refractivity contribution in [2.75, 3.05) is 20.3 Å². The average Bonchev–Trinajstić information content (AvgIpc) is 2.25. The molecule has 0 bridgehead atoms. The molecular weight excluding hydrogens is 226 g/mol. The lowest BCUT2D eigenvalue weighted by Crippen LogP contribution is -2.24. The van der Waals surface area contributed by atoms with Crippen molar-refractivity contribution in [3.63, 3.8) is 0 Å². The van der Waals surface area contributed by atoms with Crippen LogP contribution in [0.1, 0.15) is 35.2 Å². The molecule has 18 heavy (non-hydrogen) atoms. The standard InChI is InChI=1S/C15H25NO2/c1-10-6-11(2)15(12(3)7-10)14(16)9-18-13(4)8-17-5/h6-7,13-14H,8-9,16H2,1-5H3. The van der Waals surface area contributed by atoms with Crippen molar-refractivity contribution in [2.45, 2.75) is 39.8 Å². The Bertz CT molecular complexity index is 367. The van der Waals surface area contributed by atoms with Gasteiger partial charge >= 0.3 is 0 Å². The van der Waals surface area contributed by atoms with Gasteiger partial charge in [-0.1, -0.05) is 17.7 Å². The molecule has 3 nitrogen and oxygen atoms in total. The van der Waals surface area contributed by atoms with Gasteiger partial charge in [-0.3, -0.25) is 0 Å². The Labute approximate surface area is 110 Å². The third kappa shape index (κ3) is 4.09. The second kappa shape index (κ2) is 6.88. The number of ether oxygens (including phenoxy) is 2. The van der Waals surface area contributed by atoms with Crippen LogP contribution in [-0.4, -0.2) is 26.4 Å². The normalized spacial score (nSPS) is 14.6. The van der Waals surface area contributed by atoms with Crippen LogP contribution in [0.15, 0.2) is 12.1 Å². The first kappa shape index (κ1) is 15.2. The minimum atomic E-state index is -0.0788. The van der Waals surface area contributed by atoms with Gasteiger partial charge < -0.3 is 15.2 Å². The summed E-state index contributed by atoms with van der Waals surface area (Å²) >= 11 is 0. The van der Waals surface area contributed by atoms with Crippen LogP contribution in [0.2, 0.25) is 0 Å². The molecule has 1 rings (SSSR count). The lowest BCUT2D eigenvalue weighted by atomic mass is 9.95. The molecular formula is C15H25NO2. The smallest absolute Gasteiger partial charge is 0.0781 e. The number of methoxy groups -OCH3 is 1. The van der Waals surface area contributed by atoms with Crippen molar-refractivity contribution in [3.05, 3.63) is 34.4 Å². The van der Waals surface area contributed by atoms with E-state index in [1.54, 1.807) is 7.11 Å². The van der Waals surface area contributed by atoms with Crippen LogP contribution < -0.4 is 5.73 Å². The van der Waals surface area contributed by atoms with E-state index in [0.717, 1.165) is 0 Å². The second-order valence-corrected chi connectivity index (χ2v) is 5.02. The molecule has 0 saturated heterocycles. The van der Waals surface area contributed by atoms with E-state index in [2.05, 4.69) is 32.9 Å². The summed E-state index contributed by atoms with van der Waals surface area (Å²) in [6.07, 6.45) is 0.0760. The molecule has 3 heteroatoms. The molecule has 2 N–H and O–H groups in total. The SMILES string of the molecule is COCC(C)OCC(N)c1c(C)cc(C)cc1C. The summed E-state index contributed by atoms with van der Waals surface area (Å²) in [7, 11) is 1.67. The minimum absolute atomic E-state index is 0.0760. The van der Waals surface area contributed by atoms with Gasteiger partial charge in [0.25, 0.3) is 0 Å². The number of benzene rings is 1. The summed E-state index contributed by atoms with van der Waals surface area (Å²) in [5.74, 6) is 0. The summed E-state index contributed by atoms with van der Waals surface area (Å²) < 4.78 is 10.7. The molecule has 1 aromatic rings. The van der Waals surface area contributed by atoms with Crippen LogP contribution in [0.5, 0.6) is 0 Å². The van der Waals surface area contributed by atoms with Crippen molar-refractivity contribution in [1.29, 1.82) is 0 Å². The molecule has 0 aliphatic rings. The van der Waals surface area contributed by atoms with Gasteiger partial charge in [0.05, 0.1) is 25.4 Å². The molecule has 102 valence electrons. The van der Waals surface area contributed by atoms with Crippen molar-refractivity contribution < 1.29 is 9.47 Å². The fourth-order valence-electron chi connectivity index (χ4n) is 2.41. The van der Waals surface area contributed by atoms with Crippen molar-refractivity contribution >= 4 is 0 Å². The van der Waals surface area contributed by atoms with Crippen LogP contribution in [0, 0.1) is 20.8 Å². The second-order valence-electron chi connectivity index (χ2n) is 5.02. The Morgan fingerprint density at radius 2 is 1.67 bits per heavy atom. The molecule has 0 fully saturated rings. The lowest BCUT2D eigenvalue weighted by molar-refractivity contribution is 0.00318. The maximum Gasteiger partial charge on any atom is 0.0781 e. The zero-order chi connectivity index (χ0) is 13.7. The summed E-state index contributed by atoms with van der Waals surface area (Å²) in [6.45, 7) is 9.42. The predicted molar refractivity (Wildman–Crippen MR) is 74.9 cm³/mol. The van der Waals surface area contributed by atoms with Crippen molar-refractivity contribution in [3.8, 4) is 0 Å². The lowest BCUT2D eigenvalue weighted by Gasteiger charge is -2.20. The van der Waals surface area contributed by atoms with Crippen LogP contribution >= 0.6 is 0 Å². The first-order valence-electron chi connectivity index (χ1n) is 6.39. The molecule has 0 saturated carbocycles. The largest absolute Gasteiger partial charge is 0.382 e. The molecule has 0 aromatic heterocycles. The van der Waals surface area contributed by atoms with Crippen LogP contribution in [0.25, 0.3) is 0 Å². The molecule has 2 unspecified atom stereocenters. The van der Waals surface area contributed by atoms with Crippen LogP contribution in [0.4, 0.5) is 0 Å². The first-order valence-corrected chi connectivity index (χ1v) is 6.39.